The molecule has 0 aliphatic carbocycles. The van der Waals surface area contributed by atoms with E-state index in [-0.39, 0.29) is 16.0 Å². The van der Waals surface area contributed by atoms with Crippen LogP contribution in [0.4, 0.5) is 0 Å². The van der Waals surface area contributed by atoms with Gasteiger partial charge in [0, 0.05) is 13.1 Å². The number of fused-ring (bicyclic) bond motifs is 1. The molecule has 7 heteroatoms. The summed E-state index contributed by atoms with van der Waals surface area (Å²) in [5.74, 6) is -0.495. The minimum Gasteiger partial charge on any atom is -0.288 e. The van der Waals surface area contributed by atoms with Gasteiger partial charge in [-0.15, -0.1) is 0 Å². The van der Waals surface area contributed by atoms with Crippen LogP contribution in [0.2, 0.25) is 0 Å². The second-order valence-electron chi connectivity index (χ2n) is 5.58. The minimum atomic E-state index is -3.61. The normalized spacial score (nSPS) is 20.4. The highest BCUT2D eigenvalue weighted by atomic mass is 32.2. The molecular formula is C14H16N2O4S. The topological polar surface area (TPSA) is 83.6 Å². The van der Waals surface area contributed by atoms with Crippen LogP contribution < -0.4 is 5.32 Å². The fourth-order valence-electron chi connectivity index (χ4n) is 2.68. The molecule has 0 aromatic heterocycles. The first kappa shape index (κ1) is 14.2. The molecule has 0 unspecified atom stereocenters. The quantitative estimate of drug-likeness (QED) is 0.826. The molecule has 0 bridgehead atoms. The van der Waals surface area contributed by atoms with Crippen molar-refractivity contribution in [3.05, 3.63) is 29.3 Å². The average Bonchev–Trinajstić information content (AvgIpc) is 2.74. The van der Waals surface area contributed by atoms with Crippen molar-refractivity contribution < 1.29 is 18.0 Å². The van der Waals surface area contributed by atoms with E-state index >= 15 is 0 Å². The maximum absolute atomic E-state index is 12.6. The molecular weight excluding hydrogens is 292 g/mol. The second-order valence-corrected chi connectivity index (χ2v) is 7.52. The van der Waals surface area contributed by atoms with E-state index in [4.69, 9.17) is 0 Å². The Morgan fingerprint density at radius 2 is 1.71 bits per heavy atom. The molecule has 1 aromatic carbocycles. The van der Waals surface area contributed by atoms with E-state index in [1.807, 2.05) is 0 Å². The monoisotopic (exact) mass is 308 g/mol. The first-order valence-corrected chi connectivity index (χ1v) is 8.33. The number of hydrogen-bond donors (Lipinski definition) is 1. The number of benzene rings is 1. The number of carbonyl (C=O) groups is 2. The highest BCUT2D eigenvalue weighted by molar-refractivity contribution is 7.89. The van der Waals surface area contributed by atoms with Crippen LogP contribution in [0.5, 0.6) is 0 Å². The summed E-state index contributed by atoms with van der Waals surface area (Å²) in [5.41, 5.74) is 0.359. The van der Waals surface area contributed by atoms with Crippen LogP contribution in [0, 0.1) is 5.92 Å². The Bertz CT molecular complexity index is 718. The Hall–Kier alpha value is -1.73. The smallest absolute Gasteiger partial charge is 0.258 e. The van der Waals surface area contributed by atoms with E-state index in [0.717, 1.165) is 12.8 Å². The lowest BCUT2D eigenvalue weighted by Crippen LogP contribution is -2.37. The molecule has 2 aliphatic heterocycles. The van der Waals surface area contributed by atoms with Crippen LogP contribution in [0.3, 0.4) is 0 Å². The highest BCUT2D eigenvalue weighted by Gasteiger charge is 2.32. The summed E-state index contributed by atoms with van der Waals surface area (Å²) in [5, 5.41) is 2.16. The Labute approximate surface area is 123 Å². The molecule has 2 heterocycles. The van der Waals surface area contributed by atoms with Crippen molar-refractivity contribution >= 4 is 21.8 Å². The van der Waals surface area contributed by atoms with Crippen LogP contribution in [-0.2, 0) is 10.0 Å². The maximum atomic E-state index is 12.6. The van der Waals surface area contributed by atoms with Gasteiger partial charge in [-0.1, -0.05) is 6.92 Å². The third-order valence-corrected chi connectivity index (χ3v) is 5.98. The number of imide groups is 1. The number of hydrogen-bond acceptors (Lipinski definition) is 4. The van der Waals surface area contributed by atoms with Gasteiger partial charge in [0.2, 0.25) is 10.0 Å². The maximum Gasteiger partial charge on any atom is 0.258 e. The summed E-state index contributed by atoms with van der Waals surface area (Å²) in [6.45, 7) is 3.09. The Morgan fingerprint density at radius 1 is 1.10 bits per heavy atom. The lowest BCUT2D eigenvalue weighted by Gasteiger charge is -2.29. The van der Waals surface area contributed by atoms with E-state index in [1.54, 1.807) is 0 Å². The summed E-state index contributed by atoms with van der Waals surface area (Å²) >= 11 is 0. The number of amides is 2. The zero-order valence-electron chi connectivity index (χ0n) is 11.6. The molecule has 6 nitrogen and oxygen atoms in total. The van der Waals surface area contributed by atoms with E-state index in [2.05, 4.69) is 12.2 Å². The van der Waals surface area contributed by atoms with Crippen molar-refractivity contribution in [1.82, 2.24) is 9.62 Å². The number of nitrogens with one attached hydrogen (secondary N) is 1. The first-order chi connectivity index (χ1) is 9.89. The molecule has 0 spiro atoms. The Morgan fingerprint density at radius 3 is 2.38 bits per heavy atom. The van der Waals surface area contributed by atoms with Crippen molar-refractivity contribution in [3.8, 4) is 0 Å². The third-order valence-electron chi connectivity index (χ3n) is 4.09. The van der Waals surface area contributed by atoms with E-state index in [9.17, 15) is 18.0 Å². The molecule has 3 rings (SSSR count). The van der Waals surface area contributed by atoms with Crippen LogP contribution in [0.1, 0.15) is 40.5 Å². The lowest BCUT2D eigenvalue weighted by molar-refractivity contribution is 0.0879. The largest absolute Gasteiger partial charge is 0.288 e. The molecule has 1 saturated heterocycles. The Balaban J connectivity index is 1.95. The minimum absolute atomic E-state index is 0.0700. The van der Waals surface area contributed by atoms with Gasteiger partial charge in [0.1, 0.15) is 0 Å². The number of carbonyl (C=O) groups excluding carboxylic acids is 2. The number of piperidine rings is 1. The van der Waals surface area contributed by atoms with Crippen LogP contribution in [0.15, 0.2) is 23.1 Å². The second kappa shape index (κ2) is 4.92. The van der Waals surface area contributed by atoms with Crippen LogP contribution in [0.25, 0.3) is 0 Å². The molecule has 2 amide bonds. The Kier molecular flexibility index (Phi) is 3.33. The zero-order chi connectivity index (χ0) is 15.2. The predicted molar refractivity (Wildman–Crippen MR) is 75.4 cm³/mol. The fourth-order valence-corrected chi connectivity index (χ4v) is 4.18. The van der Waals surface area contributed by atoms with Crippen molar-refractivity contribution in [2.75, 3.05) is 13.1 Å². The van der Waals surface area contributed by atoms with Gasteiger partial charge in [-0.3, -0.25) is 14.9 Å². The molecule has 21 heavy (non-hydrogen) atoms. The summed E-state index contributed by atoms with van der Waals surface area (Å²) in [7, 11) is -3.61. The molecule has 0 saturated carbocycles. The predicted octanol–water partition coefficient (Wildman–Crippen LogP) is 0.991. The molecule has 1 fully saturated rings. The molecule has 2 aliphatic rings. The van der Waals surface area contributed by atoms with Gasteiger partial charge in [-0.2, -0.15) is 4.31 Å². The van der Waals surface area contributed by atoms with Gasteiger partial charge in [0.05, 0.1) is 16.0 Å². The summed E-state index contributed by atoms with van der Waals surface area (Å²) in [4.78, 5) is 23.2. The number of rotatable bonds is 2. The van der Waals surface area contributed by atoms with Gasteiger partial charge < -0.3 is 0 Å². The van der Waals surface area contributed by atoms with Crippen LogP contribution >= 0.6 is 0 Å². The summed E-state index contributed by atoms with van der Waals surface area (Å²) in [6.07, 6.45) is 1.67. The van der Waals surface area contributed by atoms with Gasteiger partial charge in [-0.05, 0) is 37.0 Å². The van der Waals surface area contributed by atoms with Gasteiger partial charge >= 0.3 is 0 Å². The van der Waals surface area contributed by atoms with Crippen LogP contribution in [-0.4, -0.2) is 37.6 Å². The van der Waals surface area contributed by atoms with E-state index in [0.29, 0.717) is 19.0 Å². The molecule has 0 radical (unpaired) electrons. The van der Waals surface area contributed by atoms with Gasteiger partial charge in [0.25, 0.3) is 11.8 Å². The fraction of sp³-hybridized carbons (Fsp3) is 0.429. The summed E-state index contributed by atoms with van der Waals surface area (Å²) in [6, 6.07) is 4.09. The highest BCUT2D eigenvalue weighted by Crippen LogP contribution is 2.26. The molecule has 0 atom stereocenters. The van der Waals surface area contributed by atoms with E-state index in [1.165, 1.54) is 22.5 Å². The summed E-state index contributed by atoms with van der Waals surface area (Å²) < 4.78 is 26.6. The van der Waals surface area contributed by atoms with Gasteiger partial charge in [-0.25, -0.2) is 8.42 Å². The van der Waals surface area contributed by atoms with E-state index < -0.39 is 21.8 Å². The molecule has 1 aromatic rings. The van der Waals surface area contributed by atoms with Crippen molar-refractivity contribution in [2.45, 2.75) is 24.7 Å². The van der Waals surface area contributed by atoms with Gasteiger partial charge in [0.15, 0.2) is 0 Å². The number of sulfonamides is 1. The van der Waals surface area contributed by atoms with Crippen molar-refractivity contribution in [2.24, 2.45) is 5.92 Å². The molecule has 1 N–H and O–H groups in total. The third kappa shape index (κ3) is 2.36. The lowest BCUT2D eigenvalue weighted by atomic mass is 10.0. The zero-order valence-corrected chi connectivity index (χ0v) is 12.4. The SMILES string of the molecule is CC1CCN(S(=O)(=O)c2ccc3c(c2)C(=O)NC3=O)CC1. The number of nitrogens with zero attached hydrogens (tertiary/aromatic N) is 1. The standard InChI is InChI=1S/C14H16N2O4S/c1-9-4-6-16(7-5-9)21(19,20)10-2-3-11-12(8-10)14(18)15-13(11)17/h2-3,8-9H,4-7H2,1H3,(H,15,17,18). The first-order valence-electron chi connectivity index (χ1n) is 6.89. The molecule has 112 valence electrons. The average molecular weight is 308 g/mol. The van der Waals surface area contributed by atoms with Crippen molar-refractivity contribution in [1.29, 1.82) is 0 Å². The van der Waals surface area contributed by atoms with Crippen molar-refractivity contribution in [3.63, 3.8) is 0 Å².